The van der Waals surface area contributed by atoms with Crippen molar-refractivity contribution in [2.45, 2.75) is 19.5 Å². The van der Waals surface area contributed by atoms with Gasteiger partial charge in [-0.15, -0.1) is 35.3 Å². The number of aliphatic imine (C=N–C) groups is 1. The number of likely N-dealkylation sites (N-methyl/N-ethyl adjacent to an activating group) is 1. The molecular formula is C19H29F2IN6S. The fourth-order valence-corrected chi connectivity index (χ4v) is 3.39. The fraction of sp³-hybridized carbons (Fsp3) is 0.474. The van der Waals surface area contributed by atoms with Crippen LogP contribution in [0.25, 0.3) is 0 Å². The Morgan fingerprint density at radius 1 is 1.17 bits per heavy atom. The molecular weight excluding hydrogens is 509 g/mol. The van der Waals surface area contributed by atoms with E-state index < -0.39 is 17.7 Å². The Morgan fingerprint density at radius 2 is 1.83 bits per heavy atom. The molecule has 1 heterocycles. The minimum atomic E-state index is -0.555. The van der Waals surface area contributed by atoms with Gasteiger partial charge in [-0.1, -0.05) is 6.07 Å². The maximum Gasteiger partial charge on any atom is 0.191 e. The number of aromatic nitrogens is 1. The third kappa shape index (κ3) is 7.34. The number of hydrogen-bond donors (Lipinski definition) is 2. The smallest absolute Gasteiger partial charge is 0.191 e. The minimum Gasteiger partial charge on any atom is -0.357 e. The van der Waals surface area contributed by atoms with Crippen molar-refractivity contribution in [2.24, 2.45) is 4.99 Å². The van der Waals surface area contributed by atoms with Gasteiger partial charge in [-0.3, -0.25) is 0 Å². The summed E-state index contributed by atoms with van der Waals surface area (Å²) in [5.41, 5.74) is 0.918. The monoisotopic (exact) mass is 538 g/mol. The summed E-state index contributed by atoms with van der Waals surface area (Å²) in [6, 6.07) is 3.44. The predicted molar refractivity (Wildman–Crippen MR) is 127 cm³/mol. The molecule has 6 nitrogen and oxygen atoms in total. The van der Waals surface area contributed by atoms with Crippen LogP contribution in [0.2, 0.25) is 0 Å². The number of hydrogen-bond acceptors (Lipinski definition) is 5. The van der Waals surface area contributed by atoms with Crippen molar-refractivity contribution in [1.29, 1.82) is 0 Å². The first-order valence-corrected chi connectivity index (χ1v) is 9.95. The van der Waals surface area contributed by atoms with E-state index in [0.717, 1.165) is 10.8 Å². The van der Waals surface area contributed by atoms with Gasteiger partial charge in [0, 0.05) is 38.1 Å². The average molecular weight is 538 g/mol. The van der Waals surface area contributed by atoms with Crippen LogP contribution in [0.5, 0.6) is 0 Å². The number of guanidine groups is 1. The SMILES string of the molecule is CCNC(=NCc1csc(N(C)C)n1)NCC(c1c(F)cccc1F)N(C)C.I. The Hall–Kier alpha value is -1.53. The molecule has 0 aliphatic carbocycles. The quantitative estimate of drug-likeness (QED) is 0.307. The molecule has 0 fully saturated rings. The van der Waals surface area contributed by atoms with E-state index in [4.69, 9.17) is 0 Å². The first kappa shape index (κ1) is 25.5. The van der Waals surface area contributed by atoms with Gasteiger partial charge in [0.25, 0.3) is 0 Å². The summed E-state index contributed by atoms with van der Waals surface area (Å²) < 4.78 is 28.4. The van der Waals surface area contributed by atoms with Gasteiger partial charge < -0.3 is 20.4 Å². The number of rotatable bonds is 8. The molecule has 1 atom stereocenters. The van der Waals surface area contributed by atoms with E-state index in [2.05, 4.69) is 20.6 Å². The summed E-state index contributed by atoms with van der Waals surface area (Å²) in [5.74, 6) is -0.534. The van der Waals surface area contributed by atoms with Gasteiger partial charge in [0.15, 0.2) is 11.1 Å². The van der Waals surface area contributed by atoms with Crippen LogP contribution in [0, 0.1) is 11.6 Å². The molecule has 1 aromatic heterocycles. The van der Waals surface area contributed by atoms with Gasteiger partial charge >= 0.3 is 0 Å². The first-order valence-electron chi connectivity index (χ1n) is 9.07. The second-order valence-corrected chi connectivity index (χ2v) is 7.54. The highest BCUT2D eigenvalue weighted by Gasteiger charge is 2.22. The Morgan fingerprint density at radius 3 is 2.34 bits per heavy atom. The second kappa shape index (κ2) is 12.2. The van der Waals surface area contributed by atoms with Crippen molar-refractivity contribution in [3.8, 4) is 0 Å². The number of benzene rings is 1. The van der Waals surface area contributed by atoms with Gasteiger partial charge in [0.2, 0.25) is 0 Å². The van der Waals surface area contributed by atoms with Crippen molar-refractivity contribution in [1.82, 2.24) is 20.5 Å². The average Bonchev–Trinajstić information content (AvgIpc) is 3.11. The fourth-order valence-electron chi connectivity index (χ4n) is 2.64. The van der Waals surface area contributed by atoms with E-state index in [9.17, 15) is 8.78 Å². The second-order valence-electron chi connectivity index (χ2n) is 6.71. The number of nitrogens with zero attached hydrogens (tertiary/aromatic N) is 4. The molecule has 10 heteroatoms. The highest BCUT2D eigenvalue weighted by atomic mass is 127. The third-order valence-corrected chi connectivity index (χ3v) is 5.14. The zero-order chi connectivity index (χ0) is 20.7. The topological polar surface area (TPSA) is 55.8 Å². The summed E-state index contributed by atoms with van der Waals surface area (Å²) in [6.45, 7) is 3.35. The maximum atomic E-state index is 14.2. The van der Waals surface area contributed by atoms with E-state index in [1.807, 2.05) is 31.3 Å². The largest absolute Gasteiger partial charge is 0.357 e. The Kier molecular flexibility index (Phi) is 10.8. The number of thiazole rings is 1. The van der Waals surface area contributed by atoms with Crippen LogP contribution >= 0.6 is 35.3 Å². The molecule has 1 aromatic carbocycles. The summed E-state index contributed by atoms with van der Waals surface area (Å²) in [6.07, 6.45) is 0. The van der Waals surface area contributed by atoms with Gasteiger partial charge in [-0.05, 0) is 33.2 Å². The summed E-state index contributed by atoms with van der Waals surface area (Å²) >= 11 is 1.56. The number of halogens is 3. The first-order chi connectivity index (χ1) is 13.3. The number of anilines is 1. The molecule has 2 rings (SSSR count). The number of nitrogens with one attached hydrogen (secondary N) is 2. The molecule has 0 amide bonds. The van der Waals surface area contributed by atoms with E-state index in [1.165, 1.54) is 18.2 Å². The molecule has 0 bridgehead atoms. The standard InChI is InChI=1S/C19H28F2N6S.HI/c1-6-22-18(23-10-13-12-28-19(25-13)27(4)5)24-11-16(26(2)3)17-14(20)8-7-9-15(17)21;/h7-9,12,16H,6,10-11H2,1-5H3,(H2,22,23,24);1H. The Bertz CT molecular complexity index is 777. The molecule has 2 N–H and O–H groups in total. The Labute approximate surface area is 192 Å². The summed E-state index contributed by atoms with van der Waals surface area (Å²) in [4.78, 5) is 12.8. The normalized spacial score (nSPS) is 12.5. The Balaban J connectivity index is 0.00000420. The van der Waals surface area contributed by atoms with E-state index in [-0.39, 0.29) is 29.5 Å². The highest BCUT2D eigenvalue weighted by molar-refractivity contribution is 14.0. The van der Waals surface area contributed by atoms with Crippen LogP contribution < -0.4 is 15.5 Å². The molecule has 29 heavy (non-hydrogen) atoms. The maximum absolute atomic E-state index is 14.2. The lowest BCUT2D eigenvalue weighted by molar-refractivity contribution is 0.282. The van der Waals surface area contributed by atoms with Crippen LogP contribution in [-0.4, -0.2) is 57.1 Å². The van der Waals surface area contributed by atoms with Crippen LogP contribution in [0.4, 0.5) is 13.9 Å². The van der Waals surface area contributed by atoms with E-state index in [0.29, 0.717) is 25.6 Å². The van der Waals surface area contributed by atoms with Crippen molar-refractivity contribution >= 4 is 46.4 Å². The summed E-state index contributed by atoms with van der Waals surface area (Å²) in [5, 5.41) is 9.23. The lowest BCUT2D eigenvalue weighted by atomic mass is 10.0. The molecule has 1 unspecified atom stereocenters. The van der Waals surface area contributed by atoms with Gasteiger partial charge in [0.05, 0.1) is 18.3 Å². The van der Waals surface area contributed by atoms with Crippen molar-refractivity contribution in [2.75, 3.05) is 46.2 Å². The zero-order valence-corrected chi connectivity index (χ0v) is 20.5. The molecule has 0 radical (unpaired) electrons. The molecule has 2 aromatic rings. The molecule has 0 aliphatic rings. The minimum absolute atomic E-state index is 0. The third-order valence-electron chi connectivity index (χ3n) is 4.08. The van der Waals surface area contributed by atoms with Crippen molar-refractivity contribution < 1.29 is 8.78 Å². The van der Waals surface area contributed by atoms with E-state index in [1.54, 1.807) is 30.3 Å². The lowest BCUT2D eigenvalue weighted by Gasteiger charge is -2.26. The van der Waals surface area contributed by atoms with Gasteiger partial charge in [0.1, 0.15) is 11.6 Å². The van der Waals surface area contributed by atoms with Gasteiger partial charge in [-0.2, -0.15) is 0 Å². The van der Waals surface area contributed by atoms with Crippen LogP contribution in [0.1, 0.15) is 24.2 Å². The summed E-state index contributed by atoms with van der Waals surface area (Å²) in [7, 11) is 7.47. The molecule has 0 aliphatic heterocycles. The van der Waals surface area contributed by atoms with Gasteiger partial charge in [-0.25, -0.2) is 18.8 Å². The predicted octanol–water partition coefficient (Wildman–Crippen LogP) is 3.46. The molecule has 0 spiro atoms. The molecule has 0 saturated carbocycles. The van der Waals surface area contributed by atoms with E-state index >= 15 is 0 Å². The van der Waals surface area contributed by atoms with Crippen LogP contribution in [-0.2, 0) is 6.54 Å². The lowest BCUT2D eigenvalue weighted by Crippen LogP contribution is -2.42. The highest BCUT2D eigenvalue weighted by Crippen LogP contribution is 2.24. The molecule has 162 valence electrons. The van der Waals surface area contributed by atoms with Crippen LogP contribution in [0.15, 0.2) is 28.6 Å². The zero-order valence-electron chi connectivity index (χ0n) is 17.4. The molecule has 0 saturated heterocycles. The van der Waals surface area contributed by atoms with Crippen LogP contribution in [0.3, 0.4) is 0 Å². The van der Waals surface area contributed by atoms with Crippen molar-refractivity contribution in [3.05, 3.63) is 46.5 Å². The van der Waals surface area contributed by atoms with Crippen molar-refractivity contribution in [3.63, 3.8) is 0 Å².